The summed E-state index contributed by atoms with van der Waals surface area (Å²) in [6.45, 7) is 5.91. The average Bonchev–Trinajstić information content (AvgIpc) is 2.97. The fraction of sp³-hybridized carbons (Fsp3) is 0.462. The first-order valence-corrected chi connectivity index (χ1v) is 5.70. The fourth-order valence-corrected chi connectivity index (χ4v) is 2.24. The van der Waals surface area contributed by atoms with Gasteiger partial charge in [0.2, 0.25) is 0 Å². The SMILES string of the molecule is Cc1cc(C)c(C(=O)C2CC2)c(C)c1Cl. The summed E-state index contributed by atoms with van der Waals surface area (Å²) in [5, 5.41) is 0.740. The van der Waals surface area contributed by atoms with E-state index in [0.717, 1.165) is 40.1 Å². The van der Waals surface area contributed by atoms with Crippen LogP contribution in [0.25, 0.3) is 0 Å². The van der Waals surface area contributed by atoms with Gasteiger partial charge in [-0.2, -0.15) is 0 Å². The van der Waals surface area contributed by atoms with Gasteiger partial charge < -0.3 is 0 Å². The minimum atomic E-state index is 0.265. The summed E-state index contributed by atoms with van der Waals surface area (Å²) in [4.78, 5) is 12.1. The first-order valence-electron chi connectivity index (χ1n) is 5.33. The van der Waals surface area contributed by atoms with E-state index >= 15 is 0 Å². The van der Waals surface area contributed by atoms with Gasteiger partial charge in [0.25, 0.3) is 0 Å². The van der Waals surface area contributed by atoms with Gasteiger partial charge in [-0.1, -0.05) is 17.7 Å². The molecular formula is C13H15ClO. The minimum absolute atomic E-state index is 0.265. The second kappa shape index (κ2) is 3.64. The number of carbonyl (C=O) groups excluding carboxylic acids is 1. The number of Topliss-reactive ketones (excluding diaryl/α,β-unsaturated/α-hetero) is 1. The molecule has 80 valence electrons. The van der Waals surface area contributed by atoms with Crippen molar-refractivity contribution in [1.82, 2.24) is 0 Å². The van der Waals surface area contributed by atoms with Crippen molar-refractivity contribution in [3.63, 3.8) is 0 Å². The van der Waals surface area contributed by atoms with Crippen LogP contribution in [0.15, 0.2) is 6.07 Å². The summed E-state index contributed by atoms with van der Waals surface area (Å²) in [6, 6.07) is 2.00. The van der Waals surface area contributed by atoms with Gasteiger partial charge in [-0.05, 0) is 50.3 Å². The van der Waals surface area contributed by atoms with Crippen molar-refractivity contribution in [1.29, 1.82) is 0 Å². The normalized spacial score (nSPS) is 15.5. The molecule has 0 unspecified atom stereocenters. The molecule has 15 heavy (non-hydrogen) atoms. The van der Waals surface area contributed by atoms with Crippen molar-refractivity contribution in [2.75, 3.05) is 0 Å². The summed E-state index contributed by atoms with van der Waals surface area (Å²) in [6.07, 6.45) is 2.09. The van der Waals surface area contributed by atoms with Crippen molar-refractivity contribution < 1.29 is 4.79 Å². The first kappa shape index (κ1) is 10.7. The Morgan fingerprint density at radius 2 is 1.87 bits per heavy atom. The second-order valence-electron chi connectivity index (χ2n) is 4.46. The van der Waals surface area contributed by atoms with Crippen LogP contribution in [0.4, 0.5) is 0 Å². The number of ketones is 1. The zero-order chi connectivity index (χ0) is 11.2. The molecule has 2 heteroatoms. The van der Waals surface area contributed by atoms with Gasteiger partial charge in [0.05, 0.1) is 0 Å². The number of rotatable bonds is 2. The molecule has 0 heterocycles. The maximum Gasteiger partial charge on any atom is 0.166 e. The molecule has 1 fully saturated rings. The van der Waals surface area contributed by atoms with Crippen LogP contribution in [0.1, 0.15) is 39.9 Å². The van der Waals surface area contributed by atoms with Crippen LogP contribution in [0.5, 0.6) is 0 Å². The van der Waals surface area contributed by atoms with Crippen LogP contribution in [0.3, 0.4) is 0 Å². The van der Waals surface area contributed by atoms with Gasteiger partial charge in [-0.3, -0.25) is 4.79 Å². The van der Waals surface area contributed by atoms with E-state index in [0.29, 0.717) is 0 Å². The molecule has 0 amide bonds. The Labute approximate surface area is 95.4 Å². The highest BCUT2D eigenvalue weighted by Gasteiger charge is 2.32. The third-order valence-electron chi connectivity index (χ3n) is 3.07. The molecule has 1 aliphatic rings. The predicted molar refractivity (Wildman–Crippen MR) is 62.7 cm³/mol. The number of hydrogen-bond acceptors (Lipinski definition) is 1. The third-order valence-corrected chi connectivity index (χ3v) is 3.65. The molecule has 1 aromatic rings. The van der Waals surface area contributed by atoms with Crippen molar-refractivity contribution in [2.45, 2.75) is 33.6 Å². The van der Waals surface area contributed by atoms with E-state index in [2.05, 4.69) is 0 Å². The molecule has 2 rings (SSSR count). The zero-order valence-electron chi connectivity index (χ0n) is 9.36. The van der Waals surface area contributed by atoms with E-state index in [-0.39, 0.29) is 11.7 Å². The monoisotopic (exact) mass is 222 g/mol. The van der Waals surface area contributed by atoms with Crippen LogP contribution in [-0.2, 0) is 0 Å². The Hall–Kier alpha value is -0.820. The van der Waals surface area contributed by atoms with E-state index in [4.69, 9.17) is 11.6 Å². The lowest BCUT2D eigenvalue weighted by molar-refractivity contribution is 0.0966. The first-order chi connectivity index (χ1) is 7.02. The summed E-state index contributed by atoms with van der Waals surface area (Å²) in [5.41, 5.74) is 3.92. The van der Waals surface area contributed by atoms with Gasteiger partial charge in [0.15, 0.2) is 5.78 Å². The molecule has 1 aromatic carbocycles. The standard InChI is InChI=1S/C13H15ClO/c1-7-6-8(2)12(14)9(3)11(7)13(15)10-4-5-10/h6,10H,4-5H2,1-3H3. The number of aryl methyl sites for hydroxylation is 2. The quantitative estimate of drug-likeness (QED) is 0.695. The molecule has 0 saturated heterocycles. The van der Waals surface area contributed by atoms with Crippen LogP contribution < -0.4 is 0 Å². The van der Waals surface area contributed by atoms with Crippen LogP contribution >= 0.6 is 11.6 Å². The van der Waals surface area contributed by atoms with Gasteiger partial charge >= 0.3 is 0 Å². The van der Waals surface area contributed by atoms with Crippen molar-refractivity contribution in [3.05, 3.63) is 33.3 Å². The molecule has 0 radical (unpaired) electrons. The zero-order valence-corrected chi connectivity index (χ0v) is 10.1. The lowest BCUT2D eigenvalue weighted by atomic mass is 9.94. The van der Waals surface area contributed by atoms with E-state index in [1.165, 1.54) is 0 Å². The highest BCUT2D eigenvalue weighted by Crippen LogP contribution is 2.36. The van der Waals surface area contributed by atoms with E-state index in [1.807, 2.05) is 26.8 Å². The Balaban J connectivity index is 2.54. The average molecular weight is 223 g/mol. The molecule has 0 bridgehead atoms. The molecule has 0 N–H and O–H groups in total. The van der Waals surface area contributed by atoms with Crippen LogP contribution in [-0.4, -0.2) is 5.78 Å². The Kier molecular flexibility index (Phi) is 2.59. The van der Waals surface area contributed by atoms with Gasteiger partial charge in [-0.15, -0.1) is 0 Å². The summed E-state index contributed by atoms with van der Waals surface area (Å²) in [5.74, 6) is 0.549. The molecule has 0 aromatic heterocycles. The van der Waals surface area contributed by atoms with Crippen molar-refractivity contribution >= 4 is 17.4 Å². The predicted octanol–water partition coefficient (Wildman–Crippen LogP) is 3.86. The maximum atomic E-state index is 12.1. The molecular weight excluding hydrogens is 208 g/mol. The summed E-state index contributed by atoms with van der Waals surface area (Å²) in [7, 11) is 0. The molecule has 1 saturated carbocycles. The van der Waals surface area contributed by atoms with Crippen molar-refractivity contribution in [3.8, 4) is 0 Å². The second-order valence-corrected chi connectivity index (χ2v) is 4.84. The fourth-order valence-electron chi connectivity index (χ4n) is 2.09. The van der Waals surface area contributed by atoms with Crippen molar-refractivity contribution in [2.24, 2.45) is 5.92 Å². The molecule has 0 atom stereocenters. The maximum absolute atomic E-state index is 12.1. The Morgan fingerprint density at radius 3 is 2.40 bits per heavy atom. The summed E-state index contributed by atoms with van der Waals surface area (Å²) >= 11 is 6.17. The number of carbonyl (C=O) groups is 1. The van der Waals surface area contributed by atoms with Crippen LogP contribution in [0.2, 0.25) is 5.02 Å². The van der Waals surface area contributed by atoms with Gasteiger partial charge in [0, 0.05) is 16.5 Å². The topological polar surface area (TPSA) is 17.1 Å². The highest BCUT2D eigenvalue weighted by atomic mass is 35.5. The number of hydrogen-bond donors (Lipinski definition) is 0. The molecule has 0 spiro atoms. The Morgan fingerprint density at radius 1 is 1.27 bits per heavy atom. The number of benzene rings is 1. The minimum Gasteiger partial charge on any atom is -0.294 e. The van der Waals surface area contributed by atoms with E-state index in [9.17, 15) is 4.79 Å². The molecule has 1 aliphatic carbocycles. The molecule has 0 aliphatic heterocycles. The van der Waals surface area contributed by atoms with E-state index in [1.54, 1.807) is 0 Å². The van der Waals surface area contributed by atoms with Crippen LogP contribution in [0, 0.1) is 26.7 Å². The lowest BCUT2D eigenvalue weighted by Gasteiger charge is -2.12. The Bertz CT molecular complexity index is 431. The summed E-state index contributed by atoms with van der Waals surface area (Å²) < 4.78 is 0. The number of halogens is 1. The molecule has 1 nitrogen and oxygen atoms in total. The lowest BCUT2D eigenvalue weighted by Crippen LogP contribution is -2.07. The van der Waals surface area contributed by atoms with Gasteiger partial charge in [0.1, 0.15) is 0 Å². The third kappa shape index (κ3) is 1.81. The smallest absolute Gasteiger partial charge is 0.166 e. The largest absolute Gasteiger partial charge is 0.294 e. The van der Waals surface area contributed by atoms with E-state index < -0.39 is 0 Å². The van der Waals surface area contributed by atoms with Gasteiger partial charge in [-0.25, -0.2) is 0 Å². The highest BCUT2D eigenvalue weighted by molar-refractivity contribution is 6.32.